The maximum absolute atomic E-state index is 2.53. The Bertz CT molecular complexity index is 3020. The Morgan fingerprint density at radius 2 is 0.923 bits per heavy atom. The molecule has 0 N–H and O–H groups in total. The van der Waals surface area contributed by atoms with E-state index in [0.29, 0.717) is 0 Å². The van der Waals surface area contributed by atoms with E-state index in [9.17, 15) is 0 Å². The van der Waals surface area contributed by atoms with Crippen molar-refractivity contribution in [3.63, 3.8) is 0 Å². The van der Waals surface area contributed by atoms with Crippen molar-refractivity contribution in [1.29, 1.82) is 0 Å². The van der Waals surface area contributed by atoms with Crippen LogP contribution in [0.2, 0.25) is 0 Å². The summed E-state index contributed by atoms with van der Waals surface area (Å²) in [7, 11) is 0. The molecule has 5 heterocycles. The summed E-state index contributed by atoms with van der Waals surface area (Å²) in [6, 6.07) is 63.5. The quantitative estimate of drug-likeness (QED) is 0.167. The molecule has 0 amide bonds. The second-order valence-electron chi connectivity index (χ2n) is 13.0. The average Bonchev–Trinajstić information content (AvgIpc) is 4.01. The SMILES string of the molecule is c1ccc(-c2cc3c(s2)c2sc4c5sc(N(c6ccccc6)c6ccccc6)cc5n(-c5ccccc5)c4c2n3-c2ccc3ccccc3c2)cc1. The molecule has 6 aromatic carbocycles. The van der Waals surface area contributed by atoms with Gasteiger partial charge in [-0.3, -0.25) is 0 Å². The molecular weight excluding hydrogens is 691 g/mol. The second kappa shape index (κ2) is 11.8. The van der Waals surface area contributed by atoms with Gasteiger partial charge < -0.3 is 14.0 Å². The Kier molecular flexibility index (Phi) is 6.77. The van der Waals surface area contributed by atoms with Crippen molar-refractivity contribution >= 4 is 102 Å². The molecule has 0 aliphatic rings. The Morgan fingerprint density at radius 1 is 0.385 bits per heavy atom. The molecule has 11 rings (SSSR count). The first-order chi connectivity index (χ1) is 25.8. The highest BCUT2D eigenvalue weighted by atomic mass is 32.1. The van der Waals surface area contributed by atoms with Crippen LogP contribution in [0.4, 0.5) is 16.4 Å². The van der Waals surface area contributed by atoms with Gasteiger partial charge in [0.05, 0.1) is 40.9 Å². The van der Waals surface area contributed by atoms with E-state index in [1.165, 1.54) is 72.8 Å². The van der Waals surface area contributed by atoms with Crippen LogP contribution in [0, 0.1) is 0 Å². The van der Waals surface area contributed by atoms with E-state index >= 15 is 0 Å². The number of hydrogen-bond acceptors (Lipinski definition) is 4. The van der Waals surface area contributed by atoms with Crippen molar-refractivity contribution in [2.75, 3.05) is 4.90 Å². The fourth-order valence-electron chi connectivity index (χ4n) is 7.63. The molecule has 6 heteroatoms. The lowest BCUT2D eigenvalue weighted by atomic mass is 10.1. The number of aromatic nitrogens is 2. The van der Waals surface area contributed by atoms with Crippen LogP contribution < -0.4 is 4.90 Å². The maximum Gasteiger partial charge on any atom is 0.103 e. The molecule has 3 nitrogen and oxygen atoms in total. The minimum absolute atomic E-state index is 1.15. The first kappa shape index (κ1) is 29.8. The van der Waals surface area contributed by atoms with Gasteiger partial charge >= 0.3 is 0 Å². The molecule has 5 aromatic heterocycles. The standard InChI is InChI=1S/C46H29N3S3/c1-5-16-31(17-6-1)39-28-37-43(50-39)45-42(49(37)36-26-25-30-15-13-14-18-32(30)27-36)41-46(52-45)44-38(48(41)35-23-11-4-12-24-35)29-40(51-44)47(33-19-7-2-8-20-33)34-21-9-3-10-22-34/h1-29H. The molecule has 246 valence electrons. The lowest BCUT2D eigenvalue weighted by molar-refractivity contribution is 1.15. The largest absolute Gasteiger partial charge is 0.306 e. The minimum atomic E-state index is 1.15. The van der Waals surface area contributed by atoms with E-state index in [1.807, 2.05) is 34.0 Å². The van der Waals surface area contributed by atoms with Crippen LogP contribution in [0.25, 0.3) is 73.5 Å². The Labute approximate surface area is 312 Å². The third-order valence-electron chi connectivity index (χ3n) is 9.93. The number of thiophene rings is 3. The van der Waals surface area contributed by atoms with Crippen LogP contribution in [0.1, 0.15) is 0 Å². The van der Waals surface area contributed by atoms with E-state index in [0.717, 1.165) is 17.1 Å². The molecule has 0 fully saturated rings. The predicted octanol–water partition coefficient (Wildman–Crippen LogP) is 14.4. The zero-order valence-electron chi connectivity index (χ0n) is 27.8. The molecule has 0 aliphatic heterocycles. The summed E-state index contributed by atoms with van der Waals surface area (Å²) in [5.41, 5.74) is 10.9. The van der Waals surface area contributed by atoms with E-state index in [4.69, 9.17) is 0 Å². The van der Waals surface area contributed by atoms with Crippen molar-refractivity contribution in [2.24, 2.45) is 0 Å². The van der Waals surface area contributed by atoms with Crippen molar-refractivity contribution in [2.45, 2.75) is 0 Å². The summed E-state index contributed by atoms with van der Waals surface area (Å²) in [5, 5.41) is 3.68. The van der Waals surface area contributed by atoms with E-state index in [1.54, 1.807) is 0 Å². The van der Waals surface area contributed by atoms with Crippen molar-refractivity contribution < 1.29 is 0 Å². The normalized spacial score (nSPS) is 11.8. The van der Waals surface area contributed by atoms with Gasteiger partial charge in [0.15, 0.2) is 0 Å². The number of nitrogens with zero attached hydrogens (tertiary/aromatic N) is 3. The first-order valence-corrected chi connectivity index (χ1v) is 19.8. The van der Waals surface area contributed by atoms with E-state index in [2.05, 4.69) is 190 Å². The number of rotatable bonds is 6. The first-order valence-electron chi connectivity index (χ1n) is 17.4. The zero-order chi connectivity index (χ0) is 34.2. The summed E-state index contributed by atoms with van der Waals surface area (Å²) >= 11 is 5.73. The smallest absolute Gasteiger partial charge is 0.103 e. The summed E-state index contributed by atoms with van der Waals surface area (Å²) in [6.07, 6.45) is 0. The fourth-order valence-corrected chi connectivity index (χ4v) is 11.5. The minimum Gasteiger partial charge on any atom is -0.306 e. The van der Waals surface area contributed by atoms with Crippen molar-refractivity contribution in [3.05, 3.63) is 176 Å². The average molecular weight is 720 g/mol. The monoisotopic (exact) mass is 719 g/mol. The van der Waals surface area contributed by atoms with Gasteiger partial charge in [-0.2, -0.15) is 0 Å². The Morgan fingerprint density at radius 3 is 1.60 bits per heavy atom. The van der Waals surface area contributed by atoms with Crippen molar-refractivity contribution in [1.82, 2.24) is 9.13 Å². The third-order valence-corrected chi connectivity index (χ3v) is 13.7. The number of hydrogen-bond donors (Lipinski definition) is 0. The highest BCUT2D eigenvalue weighted by molar-refractivity contribution is 7.35. The van der Waals surface area contributed by atoms with Gasteiger partial charge in [-0.25, -0.2) is 0 Å². The Hall–Kier alpha value is -5.92. The number of fused-ring (bicyclic) bond motifs is 8. The third kappa shape index (κ3) is 4.55. The fraction of sp³-hybridized carbons (Fsp3) is 0. The van der Waals surface area contributed by atoms with Gasteiger partial charge in [0.25, 0.3) is 0 Å². The van der Waals surface area contributed by atoms with E-state index < -0.39 is 0 Å². The van der Waals surface area contributed by atoms with Gasteiger partial charge in [0, 0.05) is 27.6 Å². The zero-order valence-corrected chi connectivity index (χ0v) is 30.3. The molecular formula is C46H29N3S3. The molecule has 11 aromatic rings. The van der Waals surface area contributed by atoms with Crippen LogP contribution in [-0.4, -0.2) is 9.13 Å². The summed E-state index contributed by atoms with van der Waals surface area (Å²) in [5.74, 6) is 0. The molecule has 0 spiro atoms. The van der Waals surface area contributed by atoms with Crippen LogP contribution in [0.5, 0.6) is 0 Å². The summed E-state index contributed by atoms with van der Waals surface area (Å²) < 4.78 is 10.4. The molecule has 0 saturated heterocycles. The highest BCUT2D eigenvalue weighted by Gasteiger charge is 2.28. The van der Waals surface area contributed by atoms with Crippen LogP contribution in [0.15, 0.2) is 176 Å². The van der Waals surface area contributed by atoms with Crippen LogP contribution in [0.3, 0.4) is 0 Å². The Balaban J connectivity index is 1.25. The van der Waals surface area contributed by atoms with Gasteiger partial charge in [-0.15, -0.1) is 34.0 Å². The van der Waals surface area contributed by atoms with Gasteiger partial charge in [0.2, 0.25) is 0 Å². The van der Waals surface area contributed by atoms with Crippen molar-refractivity contribution in [3.8, 4) is 21.8 Å². The molecule has 0 unspecified atom stereocenters. The maximum atomic E-state index is 2.53. The van der Waals surface area contributed by atoms with Gasteiger partial charge in [-0.1, -0.05) is 115 Å². The van der Waals surface area contributed by atoms with Crippen LogP contribution >= 0.6 is 34.0 Å². The summed E-state index contributed by atoms with van der Waals surface area (Å²) in [4.78, 5) is 3.67. The number of para-hydroxylation sites is 3. The molecule has 52 heavy (non-hydrogen) atoms. The van der Waals surface area contributed by atoms with Gasteiger partial charge in [0.1, 0.15) is 5.00 Å². The lowest BCUT2D eigenvalue weighted by Crippen LogP contribution is -2.07. The van der Waals surface area contributed by atoms with Gasteiger partial charge in [-0.05, 0) is 77.0 Å². The molecule has 0 saturated carbocycles. The molecule has 0 atom stereocenters. The highest BCUT2D eigenvalue weighted by Crippen LogP contribution is 2.53. The predicted molar refractivity (Wildman–Crippen MR) is 226 cm³/mol. The van der Waals surface area contributed by atoms with E-state index in [-0.39, 0.29) is 0 Å². The summed E-state index contributed by atoms with van der Waals surface area (Å²) in [6.45, 7) is 0. The topological polar surface area (TPSA) is 13.1 Å². The second-order valence-corrected chi connectivity index (χ2v) is 16.1. The number of benzene rings is 6. The molecule has 0 aliphatic carbocycles. The number of anilines is 3. The molecule has 0 radical (unpaired) electrons. The van der Waals surface area contributed by atoms with Crippen LogP contribution in [-0.2, 0) is 0 Å². The lowest BCUT2D eigenvalue weighted by Gasteiger charge is -2.23. The molecule has 0 bridgehead atoms.